The first-order valence-corrected chi connectivity index (χ1v) is 10.3. The first-order chi connectivity index (χ1) is 15.8. The van der Waals surface area contributed by atoms with Gasteiger partial charge >= 0.3 is 0 Å². The topological polar surface area (TPSA) is 145 Å². The number of amides is 3. The molecule has 3 aromatic rings. The summed E-state index contributed by atoms with van der Waals surface area (Å²) in [5.41, 5.74) is 1.18. The summed E-state index contributed by atoms with van der Waals surface area (Å²) in [6, 6.07) is 13.2. The van der Waals surface area contributed by atoms with Crippen LogP contribution in [0.4, 0.5) is 28.8 Å². The van der Waals surface area contributed by atoms with E-state index < -0.39 is 23.3 Å². The molecular weight excluding hydrogens is 448 g/mol. The van der Waals surface area contributed by atoms with Gasteiger partial charge in [-0.15, -0.1) is 0 Å². The maximum absolute atomic E-state index is 12.9. The molecule has 11 heteroatoms. The molecule has 1 aromatic heterocycles. The zero-order valence-electron chi connectivity index (χ0n) is 17.4. The zero-order valence-corrected chi connectivity index (χ0v) is 18.1. The van der Waals surface area contributed by atoms with Gasteiger partial charge < -0.3 is 21.3 Å². The SMILES string of the molecule is CC(=O)Nc1ccc(NC(=O)[C@H]2CC(=O)Nc3nc(Nc4ccc(Cl)cc4)[nH]c(=O)c32)cc1. The summed E-state index contributed by atoms with van der Waals surface area (Å²) in [4.78, 5) is 56.0. The molecule has 168 valence electrons. The van der Waals surface area contributed by atoms with E-state index in [0.717, 1.165) is 0 Å². The summed E-state index contributed by atoms with van der Waals surface area (Å²) in [7, 11) is 0. The van der Waals surface area contributed by atoms with Crippen LogP contribution in [0.3, 0.4) is 0 Å². The van der Waals surface area contributed by atoms with Crippen LogP contribution in [0.5, 0.6) is 0 Å². The fraction of sp³-hybridized carbons (Fsp3) is 0.136. The molecule has 0 fully saturated rings. The average Bonchev–Trinajstić information content (AvgIpc) is 2.75. The Balaban J connectivity index is 1.56. The second-order valence-electron chi connectivity index (χ2n) is 7.36. The summed E-state index contributed by atoms with van der Waals surface area (Å²) in [5.74, 6) is -2.07. The van der Waals surface area contributed by atoms with E-state index in [-0.39, 0.29) is 29.7 Å². The van der Waals surface area contributed by atoms with E-state index in [1.54, 1.807) is 48.5 Å². The number of aromatic amines is 1. The van der Waals surface area contributed by atoms with Gasteiger partial charge in [-0.3, -0.25) is 24.2 Å². The van der Waals surface area contributed by atoms with Gasteiger partial charge in [0, 0.05) is 35.4 Å². The van der Waals surface area contributed by atoms with Crippen LogP contribution in [-0.2, 0) is 14.4 Å². The summed E-state index contributed by atoms with van der Waals surface area (Å²) in [6.45, 7) is 1.39. The number of fused-ring (bicyclic) bond motifs is 1. The first kappa shape index (κ1) is 22.0. The molecule has 10 nitrogen and oxygen atoms in total. The summed E-state index contributed by atoms with van der Waals surface area (Å²) in [5, 5.41) is 11.4. The standard InChI is InChI=1S/C22H19ClN6O4/c1-11(30)24-13-6-8-14(9-7-13)25-20(32)16-10-17(31)27-19-18(16)21(33)29-22(28-19)26-15-4-2-12(23)3-5-15/h2-9,16H,10H2,1H3,(H,24,30)(H,25,32)(H3,26,27,28,29,31,33)/t16-/m0/s1. The highest BCUT2D eigenvalue weighted by Crippen LogP contribution is 2.30. The van der Waals surface area contributed by atoms with Crippen molar-refractivity contribution in [2.45, 2.75) is 19.3 Å². The van der Waals surface area contributed by atoms with Crippen molar-refractivity contribution in [1.29, 1.82) is 0 Å². The van der Waals surface area contributed by atoms with Crippen LogP contribution in [0, 0.1) is 0 Å². The van der Waals surface area contributed by atoms with Crippen LogP contribution in [0.2, 0.25) is 5.02 Å². The van der Waals surface area contributed by atoms with Crippen molar-refractivity contribution in [1.82, 2.24) is 9.97 Å². The molecule has 1 atom stereocenters. The monoisotopic (exact) mass is 466 g/mol. The van der Waals surface area contributed by atoms with Crippen LogP contribution in [0.25, 0.3) is 0 Å². The highest BCUT2D eigenvalue weighted by molar-refractivity contribution is 6.30. The van der Waals surface area contributed by atoms with Gasteiger partial charge in [0.05, 0.1) is 11.5 Å². The zero-order chi connectivity index (χ0) is 23.5. The highest BCUT2D eigenvalue weighted by atomic mass is 35.5. The van der Waals surface area contributed by atoms with Gasteiger partial charge in [0.25, 0.3) is 5.56 Å². The fourth-order valence-corrected chi connectivity index (χ4v) is 3.52. The number of rotatable bonds is 5. The second kappa shape index (κ2) is 9.13. The van der Waals surface area contributed by atoms with Crippen LogP contribution >= 0.6 is 11.6 Å². The molecule has 0 aliphatic carbocycles. The maximum atomic E-state index is 12.9. The molecule has 1 aliphatic rings. The second-order valence-corrected chi connectivity index (χ2v) is 7.80. The molecular formula is C22H19ClN6O4. The lowest BCUT2D eigenvalue weighted by Gasteiger charge is -2.23. The first-order valence-electron chi connectivity index (χ1n) is 9.93. The molecule has 3 amide bonds. The lowest BCUT2D eigenvalue weighted by molar-refractivity contribution is -0.123. The number of hydrogen-bond acceptors (Lipinski definition) is 6. The van der Waals surface area contributed by atoms with E-state index in [4.69, 9.17) is 11.6 Å². The predicted octanol–water partition coefficient (Wildman–Crippen LogP) is 3.19. The average molecular weight is 467 g/mol. The number of hydrogen-bond donors (Lipinski definition) is 5. The van der Waals surface area contributed by atoms with E-state index >= 15 is 0 Å². The molecule has 0 bridgehead atoms. The number of nitrogens with one attached hydrogen (secondary N) is 5. The van der Waals surface area contributed by atoms with E-state index in [2.05, 4.69) is 31.2 Å². The Hall–Kier alpha value is -4.18. The summed E-state index contributed by atoms with van der Waals surface area (Å²) in [6.07, 6.45) is -0.197. The predicted molar refractivity (Wildman–Crippen MR) is 125 cm³/mol. The third kappa shape index (κ3) is 5.18. The molecule has 0 unspecified atom stereocenters. The van der Waals surface area contributed by atoms with Gasteiger partial charge in [0.15, 0.2) is 0 Å². The number of halogens is 1. The molecule has 5 N–H and O–H groups in total. The number of benzene rings is 2. The minimum Gasteiger partial charge on any atom is -0.326 e. The third-order valence-electron chi connectivity index (χ3n) is 4.85. The lowest BCUT2D eigenvalue weighted by Crippen LogP contribution is -2.36. The van der Waals surface area contributed by atoms with Gasteiger partial charge in [-0.25, -0.2) is 0 Å². The Labute approximate surface area is 192 Å². The number of aromatic nitrogens is 2. The van der Waals surface area contributed by atoms with Crippen LogP contribution in [0.1, 0.15) is 24.8 Å². The van der Waals surface area contributed by atoms with Crippen molar-refractivity contribution in [3.8, 4) is 0 Å². The van der Waals surface area contributed by atoms with Gasteiger partial charge in [-0.1, -0.05) is 11.6 Å². The van der Waals surface area contributed by atoms with Crippen LogP contribution < -0.4 is 26.8 Å². The summed E-state index contributed by atoms with van der Waals surface area (Å²) >= 11 is 5.88. The Morgan fingerprint density at radius 3 is 2.21 bits per heavy atom. The molecule has 0 spiro atoms. The van der Waals surface area contributed by atoms with Crippen molar-refractivity contribution in [3.63, 3.8) is 0 Å². The normalized spacial score (nSPS) is 14.6. The molecule has 4 rings (SSSR count). The van der Waals surface area contributed by atoms with Crippen molar-refractivity contribution < 1.29 is 14.4 Å². The molecule has 0 radical (unpaired) electrons. The van der Waals surface area contributed by atoms with Crippen LogP contribution in [0.15, 0.2) is 53.3 Å². The largest absolute Gasteiger partial charge is 0.326 e. The van der Waals surface area contributed by atoms with E-state index in [1.165, 1.54) is 6.92 Å². The lowest BCUT2D eigenvalue weighted by atomic mass is 9.92. The number of carbonyl (C=O) groups is 3. The molecule has 1 aliphatic heterocycles. The minimum absolute atomic E-state index is 0.0209. The van der Waals surface area contributed by atoms with Crippen molar-refractivity contribution in [3.05, 3.63) is 69.5 Å². The molecule has 33 heavy (non-hydrogen) atoms. The maximum Gasteiger partial charge on any atom is 0.258 e. The van der Waals surface area contributed by atoms with Crippen LogP contribution in [-0.4, -0.2) is 27.7 Å². The molecule has 2 aromatic carbocycles. The molecule has 2 heterocycles. The van der Waals surface area contributed by atoms with Gasteiger partial charge in [0.1, 0.15) is 5.82 Å². The Morgan fingerprint density at radius 2 is 1.58 bits per heavy atom. The number of carbonyl (C=O) groups excluding carboxylic acids is 3. The van der Waals surface area contributed by atoms with E-state index in [9.17, 15) is 19.2 Å². The van der Waals surface area contributed by atoms with Crippen molar-refractivity contribution in [2.75, 3.05) is 21.3 Å². The van der Waals surface area contributed by atoms with E-state index in [0.29, 0.717) is 22.1 Å². The quantitative estimate of drug-likeness (QED) is 0.390. The highest BCUT2D eigenvalue weighted by Gasteiger charge is 2.34. The molecule has 0 saturated heterocycles. The number of nitrogens with zero attached hydrogens (tertiary/aromatic N) is 1. The third-order valence-corrected chi connectivity index (χ3v) is 5.10. The molecule has 0 saturated carbocycles. The summed E-state index contributed by atoms with van der Waals surface area (Å²) < 4.78 is 0. The Kier molecular flexibility index (Phi) is 6.09. The number of H-pyrrole nitrogens is 1. The van der Waals surface area contributed by atoms with Crippen molar-refractivity contribution in [2.24, 2.45) is 0 Å². The van der Waals surface area contributed by atoms with Gasteiger partial charge in [-0.05, 0) is 48.5 Å². The number of anilines is 5. The smallest absolute Gasteiger partial charge is 0.258 e. The fourth-order valence-electron chi connectivity index (χ4n) is 3.39. The Morgan fingerprint density at radius 1 is 0.970 bits per heavy atom. The van der Waals surface area contributed by atoms with E-state index in [1.807, 2.05) is 0 Å². The minimum atomic E-state index is -1.02. The van der Waals surface area contributed by atoms with Gasteiger partial charge in [0.2, 0.25) is 23.7 Å². The van der Waals surface area contributed by atoms with Gasteiger partial charge in [-0.2, -0.15) is 4.98 Å². The Bertz CT molecular complexity index is 1290. The van der Waals surface area contributed by atoms with Crippen molar-refractivity contribution >= 4 is 58.2 Å².